The summed E-state index contributed by atoms with van der Waals surface area (Å²) in [5.41, 5.74) is 2.04. The van der Waals surface area contributed by atoms with Crippen molar-refractivity contribution in [3.63, 3.8) is 0 Å². The van der Waals surface area contributed by atoms with Crippen LogP contribution in [0.15, 0.2) is 47.1 Å². The van der Waals surface area contributed by atoms with Crippen LogP contribution in [0, 0.1) is 18.7 Å². The van der Waals surface area contributed by atoms with Crippen LogP contribution in [0.1, 0.15) is 31.2 Å². The number of pyridine rings is 1. The van der Waals surface area contributed by atoms with Crippen molar-refractivity contribution in [1.82, 2.24) is 10.3 Å². The van der Waals surface area contributed by atoms with Crippen LogP contribution >= 0.6 is 0 Å². The van der Waals surface area contributed by atoms with E-state index in [2.05, 4.69) is 15.6 Å². The van der Waals surface area contributed by atoms with Crippen molar-refractivity contribution in [2.24, 2.45) is 5.92 Å². The Labute approximate surface area is 145 Å². The molecular formula is C19H20FN3O2. The summed E-state index contributed by atoms with van der Waals surface area (Å²) < 4.78 is 19.4. The molecular weight excluding hydrogens is 321 g/mol. The molecule has 3 rings (SSSR count). The maximum atomic E-state index is 13.5. The Bertz CT molecular complexity index is 890. The molecule has 0 saturated carbocycles. The summed E-state index contributed by atoms with van der Waals surface area (Å²) in [5, 5.41) is 6.40. The van der Waals surface area contributed by atoms with Gasteiger partial charge in [-0.25, -0.2) is 9.18 Å². The van der Waals surface area contributed by atoms with Crippen LogP contribution in [0.25, 0.3) is 11.0 Å². The zero-order chi connectivity index (χ0) is 18.0. The molecule has 0 unspecified atom stereocenters. The van der Waals surface area contributed by atoms with Crippen LogP contribution < -0.4 is 10.6 Å². The maximum Gasteiger partial charge on any atom is 0.319 e. The van der Waals surface area contributed by atoms with E-state index in [0.29, 0.717) is 17.0 Å². The number of benzene rings is 1. The Kier molecular flexibility index (Phi) is 4.70. The lowest BCUT2D eigenvalue weighted by atomic mass is 9.98. The highest BCUT2D eigenvalue weighted by Gasteiger charge is 2.25. The predicted octanol–water partition coefficient (Wildman–Crippen LogP) is 4.79. The Balaban J connectivity index is 1.86. The lowest BCUT2D eigenvalue weighted by Gasteiger charge is -2.21. The van der Waals surface area contributed by atoms with Crippen LogP contribution in [0.2, 0.25) is 0 Å². The number of amides is 2. The second-order valence-corrected chi connectivity index (χ2v) is 6.29. The number of hydrogen-bond acceptors (Lipinski definition) is 3. The lowest BCUT2D eigenvalue weighted by Crippen LogP contribution is -2.35. The normalized spacial score (nSPS) is 12.4. The Morgan fingerprint density at radius 2 is 2.08 bits per heavy atom. The first-order chi connectivity index (χ1) is 12.0. The first-order valence-electron chi connectivity index (χ1n) is 8.12. The van der Waals surface area contributed by atoms with Gasteiger partial charge in [0.2, 0.25) is 0 Å². The van der Waals surface area contributed by atoms with Crippen molar-refractivity contribution >= 4 is 22.7 Å². The summed E-state index contributed by atoms with van der Waals surface area (Å²) in [6.45, 7) is 5.85. The lowest BCUT2D eigenvalue weighted by molar-refractivity contribution is 0.241. The number of hydrogen-bond donors (Lipinski definition) is 2. The fourth-order valence-corrected chi connectivity index (χ4v) is 2.79. The van der Waals surface area contributed by atoms with E-state index in [-0.39, 0.29) is 23.8 Å². The van der Waals surface area contributed by atoms with E-state index in [4.69, 9.17) is 4.42 Å². The van der Waals surface area contributed by atoms with Crippen LogP contribution in [0.4, 0.5) is 14.9 Å². The maximum absolute atomic E-state index is 13.5. The number of anilines is 1. The molecule has 130 valence electrons. The monoisotopic (exact) mass is 341 g/mol. The van der Waals surface area contributed by atoms with Gasteiger partial charge in [0, 0.05) is 17.1 Å². The van der Waals surface area contributed by atoms with Crippen molar-refractivity contribution in [2.75, 3.05) is 5.32 Å². The van der Waals surface area contributed by atoms with E-state index in [9.17, 15) is 9.18 Å². The Morgan fingerprint density at radius 3 is 2.76 bits per heavy atom. The molecule has 0 aliphatic heterocycles. The molecule has 1 aromatic carbocycles. The van der Waals surface area contributed by atoms with Crippen LogP contribution in [0.3, 0.4) is 0 Å². The number of halogens is 1. The third-order valence-corrected chi connectivity index (χ3v) is 4.09. The van der Waals surface area contributed by atoms with Crippen LogP contribution in [-0.4, -0.2) is 11.0 Å². The van der Waals surface area contributed by atoms with Crippen molar-refractivity contribution in [3.8, 4) is 0 Å². The number of urea groups is 1. The largest absolute Gasteiger partial charge is 0.459 e. The first kappa shape index (κ1) is 17.0. The highest BCUT2D eigenvalue weighted by molar-refractivity contribution is 5.89. The van der Waals surface area contributed by atoms with E-state index in [1.54, 1.807) is 30.6 Å². The van der Waals surface area contributed by atoms with E-state index < -0.39 is 0 Å². The quantitative estimate of drug-likeness (QED) is 0.717. The molecule has 2 amide bonds. The van der Waals surface area contributed by atoms with E-state index in [0.717, 1.165) is 10.9 Å². The topological polar surface area (TPSA) is 67.2 Å². The molecule has 0 radical (unpaired) electrons. The van der Waals surface area contributed by atoms with Crippen molar-refractivity contribution in [2.45, 2.75) is 26.8 Å². The molecule has 2 aromatic heterocycles. The fraction of sp³-hybridized carbons (Fsp3) is 0.263. The minimum absolute atomic E-state index is 0.0868. The number of aryl methyl sites for hydroxylation is 1. The van der Waals surface area contributed by atoms with Gasteiger partial charge >= 0.3 is 6.03 Å². The summed E-state index contributed by atoms with van der Waals surface area (Å²) in [7, 11) is 0. The van der Waals surface area contributed by atoms with Gasteiger partial charge in [-0.05, 0) is 43.2 Å². The molecule has 0 bridgehead atoms. The molecule has 3 aromatic rings. The second kappa shape index (κ2) is 6.93. The average molecular weight is 341 g/mol. The number of carbonyl (C=O) groups is 1. The number of nitrogens with one attached hydrogen (secondary N) is 2. The number of carbonyl (C=O) groups excluding carboxylic acids is 1. The standard InChI is InChI=1S/C19H20FN3O2/c1-11(2)17(23-19(24)22-14-5-4-8-21-10-14)18-12(3)15-9-13(20)6-7-16(15)25-18/h4-11,17H,1-3H3,(H2,22,23,24)/t17-/m0/s1. The predicted molar refractivity (Wildman–Crippen MR) is 94.9 cm³/mol. The first-order valence-corrected chi connectivity index (χ1v) is 8.12. The fourth-order valence-electron chi connectivity index (χ4n) is 2.79. The molecule has 25 heavy (non-hydrogen) atoms. The second-order valence-electron chi connectivity index (χ2n) is 6.29. The SMILES string of the molecule is Cc1c([C@@H](NC(=O)Nc2cccnc2)C(C)C)oc2ccc(F)cc12. The van der Waals surface area contributed by atoms with Gasteiger partial charge in [0.15, 0.2) is 0 Å². The molecule has 2 heterocycles. The van der Waals surface area contributed by atoms with Crippen LogP contribution in [-0.2, 0) is 0 Å². The molecule has 0 spiro atoms. The molecule has 1 atom stereocenters. The Morgan fingerprint density at radius 1 is 1.28 bits per heavy atom. The van der Waals surface area contributed by atoms with Gasteiger partial charge in [0.05, 0.1) is 17.9 Å². The number of rotatable bonds is 4. The van der Waals surface area contributed by atoms with Gasteiger partial charge in [-0.1, -0.05) is 13.8 Å². The van der Waals surface area contributed by atoms with Gasteiger partial charge in [0.25, 0.3) is 0 Å². The summed E-state index contributed by atoms with van der Waals surface area (Å²) >= 11 is 0. The smallest absolute Gasteiger partial charge is 0.319 e. The average Bonchev–Trinajstić information content (AvgIpc) is 2.90. The third kappa shape index (κ3) is 3.63. The summed E-state index contributed by atoms with van der Waals surface area (Å²) in [6.07, 6.45) is 3.20. The van der Waals surface area contributed by atoms with Crippen molar-refractivity contribution in [3.05, 3.63) is 59.9 Å². The van der Waals surface area contributed by atoms with Gasteiger partial charge in [-0.2, -0.15) is 0 Å². The number of nitrogens with zero attached hydrogens (tertiary/aromatic N) is 1. The highest BCUT2D eigenvalue weighted by atomic mass is 19.1. The van der Waals surface area contributed by atoms with Gasteiger partial charge in [-0.3, -0.25) is 4.98 Å². The highest BCUT2D eigenvalue weighted by Crippen LogP contribution is 2.33. The minimum atomic E-state index is -0.349. The zero-order valence-electron chi connectivity index (χ0n) is 14.3. The van der Waals surface area contributed by atoms with Crippen LogP contribution in [0.5, 0.6) is 0 Å². The van der Waals surface area contributed by atoms with Crippen molar-refractivity contribution < 1.29 is 13.6 Å². The van der Waals surface area contributed by atoms with Gasteiger partial charge in [-0.15, -0.1) is 0 Å². The van der Waals surface area contributed by atoms with Crippen molar-refractivity contribution in [1.29, 1.82) is 0 Å². The van der Waals surface area contributed by atoms with E-state index >= 15 is 0 Å². The number of fused-ring (bicyclic) bond motifs is 1. The molecule has 5 nitrogen and oxygen atoms in total. The number of aromatic nitrogens is 1. The molecule has 0 aliphatic carbocycles. The molecule has 0 fully saturated rings. The molecule has 2 N–H and O–H groups in total. The summed E-state index contributed by atoms with van der Waals surface area (Å²) in [4.78, 5) is 16.3. The minimum Gasteiger partial charge on any atom is -0.459 e. The van der Waals surface area contributed by atoms with E-state index in [1.165, 1.54) is 12.1 Å². The molecule has 6 heteroatoms. The summed E-state index contributed by atoms with van der Waals surface area (Å²) in [5.74, 6) is 0.409. The molecule has 0 saturated heterocycles. The number of furan rings is 1. The zero-order valence-corrected chi connectivity index (χ0v) is 14.3. The molecule has 0 aliphatic rings. The van der Waals surface area contributed by atoms with E-state index in [1.807, 2.05) is 20.8 Å². The Hall–Kier alpha value is -2.89. The third-order valence-electron chi connectivity index (χ3n) is 4.09. The summed E-state index contributed by atoms with van der Waals surface area (Å²) in [6, 6.07) is 7.23. The van der Waals surface area contributed by atoms with Gasteiger partial charge < -0.3 is 15.1 Å². The van der Waals surface area contributed by atoms with Gasteiger partial charge in [0.1, 0.15) is 17.2 Å².